The fourth-order valence-electron chi connectivity index (χ4n) is 8.23. The van der Waals surface area contributed by atoms with Crippen molar-refractivity contribution in [2.75, 3.05) is 0 Å². The first-order valence-corrected chi connectivity index (χ1v) is 19.7. The van der Waals surface area contributed by atoms with Crippen molar-refractivity contribution < 1.29 is 0 Å². The summed E-state index contributed by atoms with van der Waals surface area (Å²) < 4.78 is 4.71. The van der Waals surface area contributed by atoms with Gasteiger partial charge in [0.05, 0.1) is 26.9 Å². The molecule has 11 rings (SSSR count). The number of nitrogens with zero attached hydrogens (tertiary/aromatic N) is 3. The lowest BCUT2D eigenvalue weighted by atomic mass is 9.96. The largest absolute Gasteiger partial charge is 0.309 e. The van der Waals surface area contributed by atoms with Crippen LogP contribution in [-0.4, -0.2) is 14.5 Å². The van der Waals surface area contributed by atoms with Crippen LogP contribution in [0.3, 0.4) is 0 Å². The van der Waals surface area contributed by atoms with Crippen molar-refractivity contribution in [1.82, 2.24) is 14.5 Å². The third-order valence-electron chi connectivity index (χ3n) is 10.8. The Kier molecular flexibility index (Phi) is 7.68. The molecule has 11 aromatic rings. The van der Waals surface area contributed by atoms with Gasteiger partial charge >= 0.3 is 0 Å². The summed E-state index contributed by atoms with van der Waals surface area (Å²) >= 11 is 1.79. The second kappa shape index (κ2) is 13.3. The molecule has 3 heterocycles. The highest BCUT2D eigenvalue weighted by Gasteiger charge is 2.20. The normalized spacial score (nSPS) is 11.6. The maximum Gasteiger partial charge on any atom is 0.160 e. The molecule has 0 bridgehead atoms. The fraction of sp³-hybridized carbons (Fsp3) is 0. The lowest BCUT2D eigenvalue weighted by molar-refractivity contribution is 1.18. The summed E-state index contributed by atoms with van der Waals surface area (Å²) in [5.41, 5.74) is 14.7. The molecule has 0 unspecified atom stereocenters. The zero-order valence-corrected chi connectivity index (χ0v) is 31.1. The predicted octanol–water partition coefficient (Wildman–Crippen LogP) is 14.3. The molecular weight excluding hydrogens is 699 g/mol. The van der Waals surface area contributed by atoms with Gasteiger partial charge < -0.3 is 4.57 Å². The second-order valence-corrected chi connectivity index (χ2v) is 15.2. The van der Waals surface area contributed by atoms with Crippen LogP contribution < -0.4 is 0 Å². The van der Waals surface area contributed by atoms with E-state index in [0.717, 1.165) is 49.5 Å². The maximum absolute atomic E-state index is 5.30. The quantitative estimate of drug-likeness (QED) is 0.170. The first-order valence-electron chi connectivity index (χ1n) is 18.9. The third kappa shape index (κ3) is 5.34. The van der Waals surface area contributed by atoms with Crippen molar-refractivity contribution >= 4 is 53.4 Å². The van der Waals surface area contributed by atoms with E-state index in [0.29, 0.717) is 0 Å². The lowest BCUT2D eigenvalue weighted by Crippen LogP contribution is -1.95. The van der Waals surface area contributed by atoms with Gasteiger partial charge in [0.2, 0.25) is 0 Å². The number of para-hydroxylation sites is 3. The summed E-state index contributed by atoms with van der Waals surface area (Å²) in [6.45, 7) is 0. The number of hydrogen-bond acceptors (Lipinski definition) is 3. The Balaban J connectivity index is 1.12. The molecule has 262 valence electrons. The average molecular weight is 732 g/mol. The van der Waals surface area contributed by atoms with Crippen molar-refractivity contribution in [1.29, 1.82) is 0 Å². The van der Waals surface area contributed by atoms with Crippen LogP contribution in [-0.2, 0) is 0 Å². The van der Waals surface area contributed by atoms with Crippen LogP contribution in [0.5, 0.6) is 0 Å². The predicted molar refractivity (Wildman–Crippen MR) is 236 cm³/mol. The molecule has 0 N–H and O–H groups in total. The van der Waals surface area contributed by atoms with E-state index < -0.39 is 0 Å². The minimum atomic E-state index is 0.729. The van der Waals surface area contributed by atoms with E-state index in [1.165, 1.54) is 54.3 Å². The Labute approximate surface area is 328 Å². The Morgan fingerprint density at radius 3 is 1.71 bits per heavy atom. The average Bonchev–Trinajstić information content (AvgIpc) is 3.83. The van der Waals surface area contributed by atoms with Gasteiger partial charge in [-0.3, -0.25) is 0 Å². The van der Waals surface area contributed by atoms with Crippen LogP contribution >= 0.6 is 11.3 Å². The van der Waals surface area contributed by atoms with Gasteiger partial charge in [0, 0.05) is 43.2 Å². The third-order valence-corrected chi connectivity index (χ3v) is 12.0. The Morgan fingerprint density at radius 1 is 0.375 bits per heavy atom. The summed E-state index contributed by atoms with van der Waals surface area (Å²) in [6, 6.07) is 71.4. The maximum atomic E-state index is 5.30. The van der Waals surface area contributed by atoms with Gasteiger partial charge in [0.15, 0.2) is 5.82 Å². The number of thiophene rings is 1. The summed E-state index contributed by atoms with van der Waals surface area (Å²) in [6.07, 6.45) is 0. The summed E-state index contributed by atoms with van der Waals surface area (Å²) in [7, 11) is 0. The van der Waals surface area contributed by atoms with E-state index in [2.05, 4.69) is 199 Å². The van der Waals surface area contributed by atoms with Gasteiger partial charge in [0.1, 0.15) is 0 Å². The molecule has 8 aromatic carbocycles. The lowest BCUT2D eigenvalue weighted by Gasteiger charge is -2.13. The van der Waals surface area contributed by atoms with E-state index in [1.807, 2.05) is 6.07 Å². The summed E-state index contributed by atoms with van der Waals surface area (Å²) in [5.74, 6) is 0.729. The molecule has 0 spiro atoms. The molecule has 0 saturated carbocycles. The van der Waals surface area contributed by atoms with E-state index in [9.17, 15) is 0 Å². The molecule has 0 amide bonds. The number of hydrogen-bond donors (Lipinski definition) is 0. The van der Waals surface area contributed by atoms with Crippen LogP contribution in [0.25, 0.3) is 104 Å². The Morgan fingerprint density at radius 2 is 0.929 bits per heavy atom. The van der Waals surface area contributed by atoms with Crippen molar-refractivity contribution in [2.45, 2.75) is 0 Å². The van der Waals surface area contributed by atoms with Gasteiger partial charge in [0.25, 0.3) is 0 Å². The van der Waals surface area contributed by atoms with Crippen LogP contribution in [0.4, 0.5) is 0 Å². The van der Waals surface area contributed by atoms with E-state index >= 15 is 0 Å². The molecule has 0 saturated heterocycles. The second-order valence-electron chi connectivity index (χ2n) is 14.1. The molecule has 3 nitrogen and oxygen atoms in total. The molecule has 0 aliphatic carbocycles. The van der Waals surface area contributed by atoms with Crippen molar-refractivity contribution in [3.05, 3.63) is 200 Å². The molecule has 0 radical (unpaired) electrons. The minimum Gasteiger partial charge on any atom is -0.309 e. The van der Waals surface area contributed by atoms with Crippen LogP contribution in [0.2, 0.25) is 0 Å². The van der Waals surface area contributed by atoms with Crippen LogP contribution in [0.1, 0.15) is 0 Å². The summed E-state index contributed by atoms with van der Waals surface area (Å²) in [5, 5.41) is 3.63. The highest BCUT2D eigenvalue weighted by molar-refractivity contribution is 7.26. The highest BCUT2D eigenvalue weighted by atomic mass is 32.1. The number of rotatable bonds is 6. The van der Waals surface area contributed by atoms with E-state index in [1.54, 1.807) is 11.3 Å². The Hall–Kier alpha value is -7.14. The number of aromatic nitrogens is 3. The molecule has 0 atom stereocenters. The Bertz CT molecular complexity index is 3240. The molecule has 4 heteroatoms. The zero-order valence-electron chi connectivity index (χ0n) is 30.3. The first kappa shape index (κ1) is 32.3. The smallest absolute Gasteiger partial charge is 0.160 e. The highest BCUT2D eigenvalue weighted by Crippen LogP contribution is 2.45. The number of fused-ring (bicyclic) bond motifs is 6. The molecule has 3 aromatic heterocycles. The SMILES string of the molecule is c1ccc(-c2cccc(-c3nc(-c4ccccc4)nc4c3sc3c(-c5cccc(-c6cccc7c8ccccc8n(-c8ccccc8)c67)c5)cccc34)c2)cc1. The topological polar surface area (TPSA) is 30.7 Å². The van der Waals surface area contributed by atoms with Crippen molar-refractivity contribution in [3.8, 4) is 61.7 Å². The van der Waals surface area contributed by atoms with Gasteiger partial charge in [-0.25, -0.2) is 9.97 Å². The van der Waals surface area contributed by atoms with Crippen LogP contribution in [0.15, 0.2) is 200 Å². The van der Waals surface area contributed by atoms with Crippen LogP contribution in [0, 0.1) is 0 Å². The van der Waals surface area contributed by atoms with Crippen molar-refractivity contribution in [2.24, 2.45) is 0 Å². The molecule has 0 aliphatic heterocycles. The van der Waals surface area contributed by atoms with Gasteiger partial charge in [-0.1, -0.05) is 170 Å². The zero-order chi connectivity index (χ0) is 37.0. The van der Waals surface area contributed by atoms with Gasteiger partial charge in [-0.2, -0.15) is 0 Å². The first-order chi connectivity index (χ1) is 27.8. The monoisotopic (exact) mass is 731 g/mol. The van der Waals surface area contributed by atoms with E-state index in [-0.39, 0.29) is 0 Å². The van der Waals surface area contributed by atoms with Crippen molar-refractivity contribution in [3.63, 3.8) is 0 Å². The molecular formula is C52H33N3S. The molecule has 0 aliphatic rings. The minimum absolute atomic E-state index is 0.729. The van der Waals surface area contributed by atoms with E-state index in [4.69, 9.17) is 9.97 Å². The fourth-order valence-corrected chi connectivity index (χ4v) is 9.52. The molecule has 0 fully saturated rings. The number of benzene rings is 8. The summed E-state index contributed by atoms with van der Waals surface area (Å²) in [4.78, 5) is 10.6. The standard InChI is InChI=1S/C52H33N3S/c1-4-16-34(17-5-1)36-20-12-23-39(32-36)47-51-48(54-52(53-47)35-18-6-2-7-19-35)45-30-15-28-42(50(45)56-51)38-22-13-21-37(33-38)41-27-14-29-44-43-26-10-11-31-46(43)55(49(41)44)40-24-8-3-9-25-40/h1-33H. The molecule has 56 heavy (non-hydrogen) atoms. The van der Waals surface area contributed by atoms with Gasteiger partial charge in [-0.15, -0.1) is 11.3 Å². The van der Waals surface area contributed by atoms with Gasteiger partial charge in [-0.05, 0) is 58.1 Å².